The van der Waals surface area contributed by atoms with Crippen molar-refractivity contribution in [2.45, 2.75) is 24.5 Å². The summed E-state index contributed by atoms with van der Waals surface area (Å²) in [4.78, 5) is 13.9. The number of amides is 2. The summed E-state index contributed by atoms with van der Waals surface area (Å²) in [6.45, 7) is -0.474. The van der Waals surface area contributed by atoms with Gasteiger partial charge >= 0.3 is 6.03 Å². The number of carbonyl (C=O) groups excluding carboxylic acids is 1. The molecular formula is C14H16N4O5S. The smallest absolute Gasteiger partial charge is 0.329 e. The summed E-state index contributed by atoms with van der Waals surface area (Å²) < 4.78 is 9.14. The average molecular weight is 352 g/mol. The zero-order chi connectivity index (χ0) is 17.1. The molecule has 1 aromatic heterocycles. The van der Waals surface area contributed by atoms with Crippen LogP contribution in [-0.4, -0.2) is 62.1 Å². The number of ether oxygens (including phenoxy) is 1. The van der Waals surface area contributed by atoms with Gasteiger partial charge in [-0.3, -0.25) is 10.2 Å². The van der Waals surface area contributed by atoms with Crippen LogP contribution < -0.4 is 10.2 Å². The molecule has 0 bridgehead atoms. The Morgan fingerprint density at radius 1 is 1.29 bits per heavy atom. The molecule has 1 aliphatic heterocycles. The summed E-state index contributed by atoms with van der Waals surface area (Å²) in [7, 11) is 0. The van der Waals surface area contributed by atoms with Crippen LogP contribution in [0.3, 0.4) is 0 Å². The van der Waals surface area contributed by atoms with Crippen LogP contribution in [0.4, 0.5) is 15.5 Å². The number of aliphatic hydroxyl groups excluding tert-OH is 3. The maximum absolute atomic E-state index is 12.7. The fourth-order valence-electron chi connectivity index (χ4n) is 2.45. The van der Waals surface area contributed by atoms with Crippen molar-refractivity contribution in [3.63, 3.8) is 0 Å². The molecule has 3 rings (SSSR count). The lowest BCUT2D eigenvalue weighted by Gasteiger charge is -2.30. The normalized spacial score (nSPS) is 26.3. The molecule has 128 valence electrons. The van der Waals surface area contributed by atoms with Gasteiger partial charge in [0.25, 0.3) is 0 Å². The van der Waals surface area contributed by atoms with Gasteiger partial charge < -0.3 is 20.1 Å². The van der Waals surface area contributed by atoms with Crippen LogP contribution in [0.1, 0.15) is 0 Å². The Morgan fingerprint density at radius 2 is 2.04 bits per heavy atom. The van der Waals surface area contributed by atoms with E-state index >= 15 is 0 Å². The number of hydrogen-bond acceptors (Lipinski definition) is 8. The fraction of sp³-hybridized carbons (Fsp3) is 0.357. The first-order valence-electron chi connectivity index (χ1n) is 7.17. The minimum Gasteiger partial charge on any atom is -0.394 e. The van der Waals surface area contributed by atoms with Gasteiger partial charge in [-0.2, -0.15) is 0 Å². The molecule has 1 unspecified atom stereocenters. The highest BCUT2D eigenvalue weighted by Gasteiger charge is 2.47. The maximum Gasteiger partial charge on any atom is 0.329 e. The van der Waals surface area contributed by atoms with Crippen LogP contribution >= 0.6 is 11.5 Å². The number of rotatable bonds is 4. The van der Waals surface area contributed by atoms with Crippen LogP contribution in [0.2, 0.25) is 0 Å². The molecule has 1 aliphatic rings. The lowest BCUT2D eigenvalue weighted by atomic mass is 10.1. The van der Waals surface area contributed by atoms with E-state index in [1.807, 2.05) is 0 Å². The molecule has 2 amide bonds. The third-order valence-electron chi connectivity index (χ3n) is 3.62. The largest absolute Gasteiger partial charge is 0.394 e. The highest BCUT2D eigenvalue weighted by molar-refractivity contribution is 7.10. The van der Waals surface area contributed by atoms with Gasteiger partial charge in [0, 0.05) is 17.2 Å². The highest BCUT2D eigenvalue weighted by Crippen LogP contribution is 2.29. The minimum atomic E-state index is -1.37. The second-order valence-corrected chi connectivity index (χ2v) is 5.93. The first-order valence-corrected chi connectivity index (χ1v) is 7.94. The van der Waals surface area contributed by atoms with Crippen LogP contribution in [0.5, 0.6) is 0 Å². The third-order valence-corrected chi connectivity index (χ3v) is 4.20. The number of aromatic nitrogens is 2. The molecule has 0 aliphatic carbocycles. The molecule has 0 saturated carbocycles. The van der Waals surface area contributed by atoms with Crippen molar-refractivity contribution in [2.75, 3.05) is 16.8 Å². The quantitative estimate of drug-likeness (QED) is 0.610. The monoisotopic (exact) mass is 352 g/mol. The number of para-hydroxylation sites is 1. The molecule has 4 N–H and O–H groups in total. The number of nitrogens with zero attached hydrogens (tertiary/aromatic N) is 3. The van der Waals surface area contributed by atoms with E-state index in [9.17, 15) is 20.1 Å². The third kappa shape index (κ3) is 3.23. The molecule has 0 radical (unpaired) electrons. The van der Waals surface area contributed by atoms with Crippen molar-refractivity contribution in [2.24, 2.45) is 0 Å². The predicted molar refractivity (Wildman–Crippen MR) is 85.6 cm³/mol. The molecule has 0 spiro atoms. The number of urea groups is 1. The van der Waals surface area contributed by atoms with Crippen molar-refractivity contribution < 1.29 is 24.9 Å². The molecule has 4 atom stereocenters. The van der Waals surface area contributed by atoms with E-state index in [2.05, 4.69) is 14.9 Å². The number of aliphatic hydroxyl groups is 3. The van der Waals surface area contributed by atoms with E-state index in [4.69, 9.17) is 4.74 Å². The number of carbonyl (C=O) groups is 1. The summed E-state index contributed by atoms with van der Waals surface area (Å²) in [5.74, 6) is 0. The van der Waals surface area contributed by atoms with Gasteiger partial charge in [-0.15, -0.1) is 5.10 Å². The second kappa shape index (κ2) is 7.20. The Kier molecular flexibility index (Phi) is 5.02. The molecule has 2 heterocycles. The Bertz CT molecular complexity index is 671. The maximum atomic E-state index is 12.7. The fourth-order valence-corrected chi connectivity index (χ4v) is 2.86. The van der Waals surface area contributed by atoms with Crippen molar-refractivity contribution in [3.05, 3.63) is 36.5 Å². The van der Waals surface area contributed by atoms with E-state index < -0.39 is 37.2 Å². The van der Waals surface area contributed by atoms with Crippen molar-refractivity contribution in [1.82, 2.24) is 9.59 Å². The summed E-state index contributed by atoms with van der Waals surface area (Å²) in [6, 6.07) is 7.99. The summed E-state index contributed by atoms with van der Waals surface area (Å²) in [5, 5.41) is 36.1. The lowest BCUT2D eigenvalue weighted by Crippen LogP contribution is -2.49. The van der Waals surface area contributed by atoms with Crippen molar-refractivity contribution in [1.29, 1.82) is 0 Å². The Labute approximate surface area is 141 Å². The van der Waals surface area contributed by atoms with E-state index in [1.54, 1.807) is 30.3 Å². The number of benzene rings is 1. The summed E-state index contributed by atoms with van der Waals surface area (Å²) in [6.07, 6.45) is -3.41. The van der Waals surface area contributed by atoms with E-state index in [0.717, 1.165) is 11.5 Å². The molecule has 10 heteroatoms. The van der Waals surface area contributed by atoms with Gasteiger partial charge in [-0.25, -0.2) is 4.79 Å². The van der Waals surface area contributed by atoms with Crippen LogP contribution in [-0.2, 0) is 4.74 Å². The zero-order valence-corrected chi connectivity index (χ0v) is 13.2. The van der Waals surface area contributed by atoms with Crippen molar-refractivity contribution >= 4 is 28.3 Å². The van der Waals surface area contributed by atoms with Crippen LogP contribution in [0.25, 0.3) is 0 Å². The highest BCUT2D eigenvalue weighted by atomic mass is 32.1. The standard InChI is InChI=1S/C14H16N4O5S/c19-7-9-11(20)12(21)13(23-9)18(8-4-2-1-3-5-8)14(22)16-10-6-15-17-24-10/h1-6,9,11-13,19-21H,7H2,(H,16,22)/t9-,11-,12-,13?/m1/s1. The first kappa shape index (κ1) is 16.7. The van der Waals surface area contributed by atoms with Gasteiger partial charge in [-0.05, 0) is 12.1 Å². The average Bonchev–Trinajstić information content (AvgIpc) is 3.19. The predicted octanol–water partition coefficient (Wildman–Crippen LogP) is 0.0156. The second-order valence-electron chi connectivity index (χ2n) is 5.15. The molecule has 1 aromatic carbocycles. The topological polar surface area (TPSA) is 128 Å². The van der Waals surface area contributed by atoms with Gasteiger partial charge in [0.05, 0.1) is 12.8 Å². The van der Waals surface area contributed by atoms with Gasteiger partial charge in [0.2, 0.25) is 0 Å². The van der Waals surface area contributed by atoms with Crippen LogP contribution in [0, 0.1) is 0 Å². The lowest BCUT2D eigenvalue weighted by molar-refractivity contribution is -0.0201. The zero-order valence-electron chi connectivity index (χ0n) is 12.4. The summed E-state index contributed by atoms with van der Waals surface area (Å²) in [5.41, 5.74) is 0.460. The molecule has 9 nitrogen and oxygen atoms in total. The Hall–Kier alpha value is -2.11. The summed E-state index contributed by atoms with van der Waals surface area (Å²) >= 11 is 1.00. The molecular weight excluding hydrogens is 336 g/mol. The van der Waals surface area contributed by atoms with Crippen LogP contribution in [0.15, 0.2) is 36.5 Å². The molecule has 1 fully saturated rings. The molecule has 24 heavy (non-hydrogen) atoms. The van der Waals surface area contributed by atoms with E-state index in [1.165, 1.54) is 11.1 Å². The number of hydrogen-bond donors (Lipinski definition) is 4. The van der Waals surface area contributed by atoms with E-state index in [-0.39, 0.29) is 0 Å². The molecule has 1 saturated heterocycles. The first-order chi connectivity index (χ1) is 11.6. The number of anilines is 2. The minimum absolute atomic E-state index is 0.424. The number of nitrogens with one attached hydrogen (secondary N) is 1. The van der Waals surface area contributed by atoms with Gasteiger partial charge in [0.15, 0.2) is 6.23 Å². The van der Waals surface area contributed by atoms with Gasteiger partial charge in [0.1, 0.15) is 23.3 Å². The van der Waals surface area contributed by atoms with E-state index in [0.29, 0.717) is 10.7 Å². The Morgan fingerprint density at radius 3 is 2.62 bits per heavy atom. The van der Waals surface area contributed by atoms with Gasteiger partial charge in [-0.1, -0.05) is 22.7 Å². The Balaban J connectivity index is 1.89. The SMILES string of the molecule is O=C(Nc1cnns1)N(c1ccccc1)C1O[C@H](CO)[C@@H](O)[C@H]1O. The molecule has 2 aromatic rings. The van der Waals surface area contributed by atoms with Crippen molar-refractivity contribution in [3.8, 4) is 0 Å².